The molecule has 11 heteroatoms. The molecule has 0 saturated carbocycles. The van der Waals surface area contributed by atoms with Crippen molar-refractivity contribution in [3.63, 3.8) is 0 Å². The minimum Gasteiger partial charge on any atom is -0.354 e. The van der Waals surface area contributed by atoms with Crippen molar-refractivity contribution in [3.05, 3.63) is 76.8 Å². The third kappa shape index (κ3) is 6.50. The van der Waals surface area contributed by atoms with Gasteiger partial charge in [-0.3, -0.25) is 0 Å². The van der Waals surface area contributed by atoms with E-state index in [-0.39, 0.29) is 0 Å². The number of hydrogen-bond donors (Lipinski definition) is 3. The molecule has 2 amide bonds. The van der Waals surface area contributed by atoms with E-state index in [4.69, 9.17) is 43.9 Å². The second-order valence-corrected chi connectivity index (χ2v) is 11.5. The number of benzene rings is 3. The van der Waals surface area contributed by atoms with Gasteiger partial charge in [-0.05, 0) is 61.8 Å². The van der Waals surface area contributed by atoms with E-state index in [0.717, 1.165) is 73.1 Å². The summed E-state index contributed by atoms with van der Waals surface area (Å²) in [5.74, 6) is 0.474. The molecule has 220 valence electrons. The van der Waals surface area contributed by atoms with Gasteiger partial charge < -0.3 is 26.2 Å². The Balaban J connectivity index is 1.34. The number of hydrogen-bond acceptors (Lipinski definition) is 7. The fourth-order valence-corrected chi connectivity index (χ4v) is 6.00. The van der Waals surface area contributed by atoms with Gasteiger partial charge in [0.1, 0.15) is 0 Å². The van der Waals surface area contributed by atoms with Crippen LogP contribution in [0.3, 0.4) is 0 Å². The average Bonchev–Trinajstić information content (AvgIpc) is 2.99. The van der Waals surface area contributed by atoms with Crippen molar-refractivity contribution < 1.29 is 4.79 Å². The van der Waals surface area contributed by atoms with Crippen molar-refractivity contribution in [1.82, 2.24) is 24.8 Å². The molecule has 4 N–H and O–H groups in total. The number of amides is 2. The van der Waals surface area contributed by atoms with Crippen molar-refractivity contribution in [3.8, 4) is 22.5 Å². The second kappa shape index (κ2) is 12.7. The van der Waals surface area contributed by atoms with Gasteiger partial charge in [0.05, 0.1) is 27.1 Å². The highest BCUT2D eigenvalue weighted by molar-refractivity contribution is 6.39. The maximum atomic E-state index is 11.5. The number of carbonyl (C=O) groups excluding carboxylic acids is 1. The molecule has 43 heavy (non-hydrogen) atoms. The maximum Gasteiger partial charge on any atom is 0.316 e. The molecule has 2 aromatic heterocycles. The van der Waals surface area contributed by atoms with Gasteiger partial charge in [0, 0.05) is 54.6 Å². The lowest BCUT2D eigenvalue weighted by atomic mass is 10.0. The van der Waals surface area contributed by atoms with Crippen molar-refractivity contribution in [2.24, 2.45) is 5.73 Å². The van der Waals surface area contributed by atoms with Crippen LogP contribution in [0.4, 0.5) is 16.4 Å². The van der Waals surface area contributed by atoms with Crippen LogP contribution in [0.2, 0.25) is 10.0 Å². The molecule has 1 aliphatic heterocycles. The summed E-state index contributed by atoms with van der Waals surface area (Å²) in [7, 11) is 2.16. The van der Waals surface area contributed by atoms with E-state index in [1.165, 1.54) is 0 Å². The SMILES string of the molecule is CN1CCN(CCCNc2nc(-c3c(Cl)cccc3Cl)c3ccc(-c4ccc5c(NC(N)=O)cccc5c4)nc3n2)CC1. The molecule has 3 aromatic carbocycles. The third-order valence-electron chi connectivity index (χ3n) is 7.72. The highest BCUT2D eigenvalue weighted by Crippen LogP contribution is 2.38. The molecule has 6 rings (SSSR count). The molecule has 1 aliphatic rings. The Hall–Kier alpha value is -4.02. The Kier molecular flexibility index (Phi) is 8.58. The van der Waals surface area contributed by atoms with Gasteiger partial charge in [-0.25, -0.2) is 14.8 Å². The third-order valence-corrected chi connectivity index (χ3v) is 8.35. The number of likely N-dealkylation sites (N-methyl/N-ethyl adjacent to an activating group) is 1. The van der Waals surface area contributed by atoms with Crippen LogP contribution in [-0.2, 0) is 0 Å². The van der Waals surface area contributed by atoms with Gasteiger partial charge in [0.2, 0.25) is 5.95 Å². The van der Waals surface area contributed by atoms with Gasteiger partial charge >= 0.3 is 6.03 Å². The number of nitrogens with zero attached hydrogens (tertiary/aromatic N) is 5. The second-order valence-electron chi connectivity index (χ2n) is 10.7. The summed E-state index contributed by atoms with van der Waals surface area (Å²) in [6.45, 7) is 6.10. The van der Waals surface area contributed by atoms with Crippen molar-refractivity contribution in [1.29, 1.82) is 0 Å². The standard InChI is InChI=1S/C32H32Cl2N8O/c1-41-15-17-42(18-16-41)14-4-13-36-32-39-29(28-24(33)6-3-7-25(28)34)23-11-12-26(37-30(23)40-32)21-9-10-22-20(19-21)5-2-8-27(22)38-31(35)43/h2-3,5-12,19H,4,13-18H2,1H3,(H3,35,38,43)(H,36,37,39,40). The zero-order valence-corrected chi connectivity index (χ0v) is 25.3. The first-order valence-electron chi connectivity index (χ1n) is 14.2. The van der Waals surface area contributed by atoms with Crippen molar-refractivity contribution >= 4 is 62.7 Å². The lowest BCUT2D eigenvalue weighted by molar-refractivity contribution is 0.154. The van der Waals surface area contributed by atoms with E-state index in [0.29, 0.717) is 38.6 Å². The number of carbonyl (C=O) groups is 1. The van der Waals surface area contributed by atoms with Crippen LogP contribution < -0.4 is 16.4 Å². The number of pyridine rings is 1. The Morgan fingerprint density at radius 2 is 1.65 bits per heavy atom. The fourth-order valence-electron chi connectivity index (χ4n) is 5.42. The number of halogens is 2. The first-order valence-corrected chi connectivity index (χ1v) is 15.0. The van der Waals surface area contributed by atoms with Gasteiger partial charge in [0.15, 0.2) is 5.65 Å². The number of aromatic nitrogens is 3. The van der Waals surface area contributed by atoms with Crippen LogP contribution >= 0.6 is 23.2 Å². The number of piperazine rings is 1. The van der Waals surface area contributed by atoms with E-state index in [1.54, 1.807) is 12.1 Å². The fraction of sp³-hybridized carbons (Fsp3) is 0.250. The summed E-state index contributed by atoms with van der Waals surface area (Å²) in [6, 6.07) is 20.3. The summed E-state index contributed by atoms with van der Waals surface area (Å²) in [4.78, 5) is 30.9. The topological polar surface area (TPSA) is 112 Å². The van der Waals surface area contributed by atoms with E-state index >= 15 is 0 Å². The summed E-state index contributed by atoms with van der Waals surface area (Å²) in [5, 5.41) is 9.68. The zero-order chi connectivity index (χ0) is 29.9. The summed E-state index contributed by atoms with van der Waals surface area (Å²) < 4.78 is 0. The van der Waals surface area contributed by atoms with Crippen LogP contribution in [-0.4, -0.2) is 77.1 Å². The molecule has 0 aliphatic carbocycles. The monoisotopic (exact) mass is 614 g/mol. The lowest BCUT2D eigenvalue weighted by Crippen LogP contribution is -2.44. The first kappa shape index (κ1) is 29.1. The molecule has 0 bridgehead atoms. The van der Waals surface area contributed by atoms with Crippen LogP contribution in [0, 0.1) is 0 Å². The smallest absolute Gasteiger partial charge is 0.316 e. The van der Waals surface area contributed by atoms with Gasteiger partial charge in [-0.2, -0.15) is 4.98 Å². The molecule has 9 nitrogen and oxygen atoms in total. The van der Waals surface area contributed by atoms with E-state index < -0.39 is 6.03 Å². The minimum atomic E-state index is -0.606. The summed E-state index contributed by atoms with van der Waals surface area (Å²) in [6.07, 6.45) is 0.963. The highest BCUT2D eigenvalue weighted by atomic mass is 35.5. The average molecular weight is 616 g/mol. The quantitative estimate of drug-likeness (QED) is 0.174. The predicted octanol–water partition coefficient (Wildman–Crippen LogP) is 6.36. The molecule has 0 spiro atoms. The number of nitrogens with one attached hydrogen (secondary N) is 2. The number of rotatable bonds is 8. The molecular weight excluding hydrogens is 583 g/mol. The number of fused-ring (bicyclic) bond motifs is 2. The zero-order valence-electron chi connectivity index (χ0n) is 23.8. The number of primary amides is 1. The van der Waals surface area contributed by atoms with E-state index in [2.05, 4.69) is 27.5 Å². The molecule has 0 atom stereocenters. The first-order chi connectivity index (χ1) is 20.9. The molecule has 0 unspecified atom stereocenters. The van der Waals surface area contributed by atoms with Crippen LogP contribution in [0.1, 0.15) is 6.42 Å². The molecule has 1 saturated heterocycles. The number of anilines is 2. The van der Waals surface area contributed by atoms with Gasteiger partial charge in [-0.1, -0.05) is 53.5 Å². The highest BCUT2D eigenvalue weighted by Gasteiger charge is 2.18. The lowest BCUT2D eigenvalue weighted by Gasteiger charge is -2.32. The molecular formula is C32H32Cl2N8O. The molecule has 3 heterocycles. The summed E-state index contributed by atoms with van der Waals surface area (Å²) >= 11 is 13.3. The Morgan fingerprint density at radius 3 is 2.42 bits per heavy atom. The normalized spacial score (nSPS) is 14.3. The Morgan fingerprint density at radius 1 is 0.907 bits per heavy atom. The molecule has 5 aromatic rings. The predicted molar refractivity (Wildman–Crippen MR) is 176 cm³/mol. The van der Waals surface area contributed by atoms with Crippen LogP contribution in [0.25, 0.3) is 44.3 Å². The van der Waals surface area contributed by atoms with Gasteiger partial charge in [-0.15, -0.1) is 0 Å². The van der Waals surface area contributed by atoms with Crippen molar-refractivity contribution in [2.45, 2.75) is 6.42 Å². The number of nitrogens with two attached hydrogens (primary N) is 1. The Labute approximate surface area is 260 Å². The van der Waals surface area contributed by atoms with Crippen molar-refractivity contribution in [2.75, 3.05) is 56.9 Å². The summed E-state index contributed by atoms with van der Waals surface area (Å²) in [5.41, 5.74) is 9.47. The van der Waals surface area contributed by atoms with E-state index in [9.17, 15) is 4.79 Å². The molecule has 1 fully saturated rings. The van der Waals surface area contributed by atoms with E-state index in [1.807, 2.05) is 54.6 Å². The number of urea groups is 1. The Bertz CT molecular complexity index is 1790. The van der Waals surface area contributed by atoms with Crippen LogP contribution in [0.15, 0.2) is 66.7 Å². The molecule has 0 radical (unpaired) electrons. The van der Waals surface area contributed by atoms with Gasteiger partial charge in [0.25, 0.3) is 0 Å². The largest absolute Gasteiger partial charge is 0.354 e. The maximum absolute atomic E-state index is 11.5. The van der Waals surface area contributed by atoms with Crippen LogP contribution in [0.5, 0.6) is 0 Å². The minimum absolute atomic E-state index is 0.474.